The number of hydrogen-bond acceptors (Lipinski definition) is 7. The van der Waals surface area contributed by atoms with Crippen LogP contribution < -0.4 is 5.32 Å². The zero-order valence-corrected chi connectivity index (χ0v) is 10.1. The number of nitrogens with zero attached hydrogens (tertiary/aromatic N) is 3. The zero-order valence-electron chi connectivity index (χ0n) is 9.28. The smallest absolute Gasteiger partial charge is 0.361 e. The molecule has 2 aromatic rings. The van der Waals surface area contributed by atoms with Crippen LogP contribution in [0, 0.1) is 0 Å². The molecule has 2 rings (SSSR count). The topological polar surface area (TPSA) is 94.1 Å². The first-order chi connectivity index (χ1) is 8.72. The van der Waals surface area contributed by atoms with Crippen molar-refractivity contribution in [3.8, 4) is 0 Å². The van der Waals surface area contributed by atoms with Crippen molar-refractivity contribution in [3.05, 3.63) is 35.8 Å². The average molecular weight is 264 g/mol. The van der Waals surface area contributed by atoms with Crippen LogP contribution in [0.25, 0.3) is 0 Å². The molecule has 8 heteroatoms. The maximum Gasteiger partial charge on any atom is 0.361 e. The minimum absolute atomic E-state index is 0.0215. The first-order valence-electron chi connectivity index (χ1n) is 4.85. The minimum atomic E-state index is -0.653. The Morgan fingerprint density at radius 1 is 1.39 bits per heavy atom. The van der Waals surface area contributed by atoms with Gasteiger partial charge in [0.1, 0.15) is 5.69 Å². The highest BCUT2D eigenvalue weighted by Crippen LogP contribution is 2.18. The summed E-state index contributed by atoms with van der Waals surface area (Å²) in [7, 11) is 1.23. The summed E-state index contributed by atoms with van der Waals surface area (Å²) in [5.41, 5.74) is 0.216. The van der Waals surface area contributed by atoms with Gasteiger partial charge in [-0.05, 0) is 12.1 Å². The SMILES string of the molecule is COC(=O)c1nnsc1NC(=O)c1ccccn1. The van der Waals surface area contributed by atoms with E-state index in [9.17, 15) is 9.59 Å². The summed E-state index contributed by atoms with van der Waals surface area (Å²) in [6.45, 7) is 0. The van der Waals surface area contributed by atoms with Gasteiger partial charge in [0.05, 0.1) is 7.11 Å². The highest BCUT2D eigenvalue weighted by atomic mass is 32.1. The van der Waals surface area contributed by atoms with E-state index < -0.39 is 11.9 Å². The van der Waals surface area contributed by atoms with E-state index in [-0.39, 0.29) is 16.4 Å². The summed E-state index contributed by atoms with van der Waals surface area (Å²) < 4.78 is 8.11. The number of ether oxygens (including phenoxy) is 1. The van der Waals surface area contributed by atoms with E-state index in [1.54, 1.807) is 18.2 Å². The molecule has 1 N–H and O–H groups in total. The fourth-order valence-electron chi connectivity index (χ4n) is 1.17. The van der Waals surface area contributed by atoms with E-state index in [4.69, 9.17) is 0 Å². The summed E-state index contributed by atoms with van der Waals surface area (Å²) in [5, 5.41) is 6.34. The minimum Gasteiger partial charge on any atom is -0.464 e. The van der Waals surface area contributed by atoms with Crippen molar-refractivity contribution in [2.75, 3.05) is 12.4 Å². The van der Waals surface area contributed by atoms with Gasteiger partial charge in [0.25, 0.3) is 5.91 Å². The summed E-state index contributed by atoms with van der Waals surface area (Å²) in [6, 6.07) is 4.95. The molecule has 0 atom stereocenters. The fraction of sp³-hybridized carbons (Fsp3) is 0.100. The van der Waals surface area contributed by atoms with E-state index >= 15 is 0 Å². The Morgan fingerprint density at radius 2 is 2.22 bits per heavy atom. The van der Waals surface area contributed by atoms with Crippen molar-refractivity contribution in [2.45, 2.75) is 0 Å². The maximum atomic E-state index is 11.8. The van der Waals surface area contributed by atoms with Gasteiger partial charge < -0.3 is 10.1 Å². The van der Waals surface area contributed by atoms with E-state index in [2.05, 4.69) is 24.6 Å². The molecule has 18 heavy (non-hydrogen) atoms. The van der Waals surface area contributed by atoms with Crippen LogP contribution in [-0.4, -0.2) is 33.6 Å². The van der Waals surface area contributed by atoms with Gasteiger partial charge in [0.15, 0.2) is 5.00 Å². The molecule has 0 saturated heterocycles. The molecule has 0 spiro atoms. The summed E-state index contributed by atoms with van der Waals surface area (Å²) in [6.07, 6.45) is 1.50. The molecule has 0 radical (unpaired) electrons. The molecule has 7 nitrogen and oxygen atoms in total. The number of carbonyl (C=O) groups is 2. The van der Waals surface area contributed by atoms with Crippen LogP contribution in [0.3, 0.4) is 0 Å². The molecule has 0 aromatic carbocycles. The molecule has 0 aliphatic carbocycles. The molecular weight excluding hydrogens is 256 g/mol. The summed E-state index contributed by atoms with van der Waals surface area (Å²) in [4.78, 5) is 27.0. The number of amides is 1. The molecular formula is C10H8N4O3S. The number of anilines is 1. The second-order valence-electron chi connectivity index (χ2n) is 3.11. The van der Waals surface area contributed by atoms with Crippen LogP contribution >= 0.6 is 11.5 Å². The molecule has 0 unspecified atom stereocenters. The summed E-state index contributed by atoms with van der Waals surface area (Å²) in [5.74, 6) is -1.09. The molecule has 0 aliphatic rings. The van der Waals surface area contributed by atoms with Gasteiger partial charge >= 0.3 is 5.97 Å². The lowest BCUT2D eigenvalue weighted by Gasteiger charge is -2.02. The third kappa shape index (κ3) is 2.48. The number of methoxy groups -OCH3 is 1. The second-order valence-corrected chi connectivity index (χ2v) is 3.87. The predicted molar refractivity (Wildman–Crippen MR) is 63.4 cm³/mol. The number of esters is 1. The highest BCUT2D eigenvalue weighted by molar-refractivity contribution is 7.10. The second kappa shape index (κ2) is 5.32. The van der Waals surface area contributed by atoms with E-state index in [1.807, 2.05) is 0 Å². The molecule has 2 aromatic heterocycles. The first kappa shape index (κ1) is 12.1. The quantitative estimate of drug-likeness (QED) is 0.830. The Morgan fingerprint density at radius 3 is 2.89 bits per heavy atom. The zero-order chi connectivity index (χ0) is 13.0. The van der Waals surface area contributed by atoms with Gasteiger partial charge in [-0.2, -0.15) is 0 Å². The van der Waals surface area contributed by atoms with Gasteiger partial charge in [0.2, 0.25) is 5.69 Å². The number of aromatic nitrogens is 3. The highest BCUT2D eigenvalue weighted by Gasteiger charge is 2.19. The lowest BCUT2D eigenvalue weighted by atomic mass is 10.3. The molecule has 0 aliphatic heterocycles. The van der Waals surface area contributed by atoms with Gasteiger partial charge in [0, 0.05) is 17.7 Å². The number of hydrogen-bond donors (Lipinski definition) is 1. The van der Waals surface area contributed by atoms with Crippen molar-refractivity contribution in [1.82, 2.24) is 14.6 Å². The predicted octanol–water partition coefficient (Wildman–Crippen LogP) is 0.972. The molecule has 92 valence electrons. The number of rotatable bonds is 3. The lowest BCUT2D eigenvalue weighted by molar-refractivity contribution is 0.0595. The Bertz CT molecular complexity index is 570. The summed E-state index contributed by atoms with van der Waals surface area (Å²) >= 11 is 0.895. The van der Waals surface area contributed by atoms with Crippen LogP contribution in [0.4, 0.5) is 5.00 Å². The van der Waals surface area contributed by atoms with Crippen LogP contribution in [0.2, 0.25) is 0 Å². The number of nitrogens with one attached hydrogen (secondary N) is 1. The Balaban J connectivity index is 2.18. The lowest BCUT2D eigenvalue weighted by Crippen LogP contribution is -2.15. The first-order valence-corrected chi connectivity index (χ1v) is 5.62. The van der Waals surface area contributed by atoms with Crippen molar-refractivity contribution < 1.29 is 14.3 Å². The largest absolute Gasteiger partial charge is 0.464 e. The van der Waals surface area contributed by atoms with Crippen molar-refractivity contribution in [2.24, 2.45) is 0 Å². The van der Waals surface area contributed by atoms with Gasteiger partial charge in [-0.1, -0.05) is 10.6 Å². The molecule has 0 bridgehead atoms. The number of carbonyl (C=O) groups excluding carboxylic acids is 2. The van der Waals surface area contributed by atoms with Crippen LogP contribution in [0.5, 0.6) is 0 Å². The fourth-order valence-corrected chi connectivity index (χ4v) is 1.72. The third-order valence-electron chi connectivity index (χ3n) is 1.99. The Labute approximate surface area is 106 Å². The van der Waals surface area contributed by atoms with Crippen molar-refractivity contribution in [1.29, 1.82) is 0 Å². The van der Waals surface area contributed by atoms with Crippen LogP contribution in [-0.2, 0) is 4.74 Å². The van der Waals surface area contributed by atoms with Crippen molar-refractivity contribution in [3.63, 3.8) is 0 Å². The number of pyridine rings is 1. The third-order valence-corrected chi connectivity index (χ3v) is 2.63. The normalized spacial score (nSPS) is 9.83. The van der Waals surface area contributed by atoms with Crippen molar-refractivity contribution >= 4 is 28.4 Å². The Kier molecular flexibility index (Phi) is 3.58. The molecule has 0 saturated carbocycles. The van der Waals surface area contributed by atoms with E-state index in [1.165, 1.54) is 13.3 Å². The maximum absolute atomic E-state index is 11.8. The monoisotopic (exact) mass is 264 g/mol. The molecule has 1 amide bonds. The molecule has 2 heterocycles. The van der Waals surface area contributed by atoms with Crippen LogP contribution in [0.15, 0.2) is 24.4 Å². The van der Waals surface area contributed by atoms with Crippen LogP contribution in [0.1, 0.15) is 21.0 Å². The van der Waals surface area contributed by atoms with E-state index in [0.717, 1.165) is 11.5 Å². The average Bonchev–Trinajstić information content (AvgIpc) is 2.87. The standard InChI is InChI=1S/C10H8N4O3S/c1-17-10(16)7-9(18-14-13-7)12-8(15)6-4-2-3-5-11-6/h2-5H,1H3,(H,12,15). The van der Waals surface area contributed by atoms with E-state index in [0.29, 0.717) is 0 Å². The van der Waals surface area contributed by atoms with Gasteiger partial charge in [-0.15, -0.1) is 5.10 Å². The Hall–Kier alpha value is -2.35. The van der Waals surface area contributed by atoms with Gasteiger partial charge in [-0.25, -0.2) is 4.79 Å². The molecule has 0 fully saturated rings. The van der Waals surface area contributed by atoms with Gasteiger partial charge in [-0.3, -0.25) is 9.78 Å².